The number of carbonyl (C=O) groups excluding carboxylic acids is 2. The molecule has 1 heterocycles. The number of hydrogen-bond acceptors (Lipinski definition) is 4. The van der Waals surface area contributed by atoms with Crippen molar-refractivity contribution in [2.45, 2.75) is 12.8 Å². The smallest absolute Gasteiger partial charge is 0.279 e. The Bertz CT molecular complexity index is 954. The first kappa shape index (κ1) is 18.6. The second-order valence-corrected chi connectivity index (χ2v) is 6.89. The summed E-state index contributed by atoms with van der Waals surface area (Å²) >= 11 is 1.24. The number of rotatable bonds is 5. The van der Waals surface area contributed by atoms with E-state index in [-0.39, 0.29) is 23.9 Å². The van der Waals surface area contributed by atoms with Gasteiger partial charge >= 0.3 is 0 Å². The lowest BCUT2D eigenvalue weighted by molar-refractivity contribution is -0.121. The van der Waals surface area contributed by atoms with Crippen molar-refractivity contribution in [1.29, 1.82) is 0 Å². The molecule has 2 amide bonds. The Kier molecular flexibility index (Phi) is 5.83. The number of thiophene rings is 1. The van der Waals surface area contributed by atoms with Crippen LogP contribution in [-0.4, -0.2) is 16.9 Å². The Labute approximate surface area is 159 Å². The Balaban J connectivity index is 1.51. The van der Waals surface area contributed by atoms with Crippen LogP contribution >= 0.6 is 11.3 Å². The first-order valence-electron chi connectivity index (χ1n) is 8.25. The maximum absolute atomic E-state index is 13.0. The van der Waals surface area contributed by atoms with Gasteiger partial charge in [-0.3, -0.25) is 20.4 Å². The van der Waals surface area contributed by atoms with Gasteiger partial charge in [0.1, 0.15) is 11.6 Å². The molecular weight excluding hydrogens is 367 g/mol. The predicted octanol–water partition coefficient (Wildman–Crippen LogP) is 3.65. The highest BCUT2D eigenvalue weighted by atomic mass is 32.1. The largest absolute Gasteiger partial charge is 0.508 e. The summed E-state index contributed by atoms with van der Waals surface area (Å²) in [5, 5.41) is 9.68. The molecule has 0 aliphatic carbocycles. The summed E-state index contributed by atoms with van der Waals surface area (Å²) in [5.74, 6) is -0.966. The predicted molar refractivity (Wildman–Crippen MR) is 102 cm³/mol. The van der Waals surface area contributed by atoms with E-state index in [1.165, 1.54) is 23.5 Å². The monoisotopic (exact) mass is 384 g/mol. The molecule has 0 radical (unpaired) electrons. The number of phenols is 1. The van der Waals surface area contributed by atoms with Crippen LogP contribution in [0.3, 0.4) is 0 Å². The Hall–Kier alpha value is -3.19. The van der Waals surface area contributed by atoms with Crippen LogP contribution < -0.4 is 10.9 Å². The van der Waals surface area contributed by atoms with Gasteiger partial charge in [0.2, 0.25) is 5.91 Å². The van der Waals surface area contributed by atoms with Crippen molar-refractivity contribution in [3.05, 3.63) is 76.9 Å². The van der Waals surface area contributed by atoms with Crippen molar-refractivity contribution >= 4 is 23.2 Å². The zero-order valence-corrected chi connectivity index (χ0v) is 15.1. The fourth-order valence-corrected chi connectivity index (χ4v) is 3.36. The number of hydrogen-bond donors (Lipinski definition) is 3. The van der Waals surface area contributed by atoms with Gasteiger partial charge < -0.3 is 5.11 Å². The topological polar surface area (TPSA) is 78.4 Å². The number of aryl methyl sites for hydroxylation is 1. The molecule has 1 aromatic heterocycles. The number of phenolic OH excluding ortho intramolecular Hbond substituents is 1. The van der Waals surface area contributed by atoms with Crippen LogP contribution in [0.1, 0.15) is 21.7 Å². The molecule has 3 rings (SSSR count). The van der Waals surface area contributed by atoms with E-state index in [2.05, 4.69) is 10.9 Å². The van der Waals surface area contributed by atoms with Crippen LogP contribution in [0.2, 0.25) is 0 Å². The number of aromatic hydroxyl groups is 1. The van der Waals surface area contributed by atoms with Crippen LogP contribution in [0.5, 0.6) is 5.75 Å². The third kappa shape index (κ3) is 4.92. The second-order valence-electron chi connectivity index (χ2n) is 5.80. The maximum atomic E-state index is 13.0. The summed E-state index contributed by atoms with van der Waals surface area (Å²) in [7, 11) is 0. The standard InChI is InChI=1S/C20H17FN2O3S/c21-15-8-5-14(6-9-15)17-10-11-18(27-17)20(26)23-22-19(25)12-7-13-3-1-2-4-16(13)24/h1-6,8-11,24H,7,12H2,(H,22,25)(H,23,26). The van der Waals surface area contributed by atoms with Gasteiger partial charge in [-0.1, -0.05) is 30.3 Å². The highest BCUT2D eigenvalue weighted by Crippen LogP contribution is 2.28. The van der Waals surface area contributed by atoms with E-state index in [9.17, 15) is 19.1 Å². The van der Waals surface area contributed by atoms with Crippen LogP contribution in [-0.2, 0) is 11.2 Å². The van der Waals surface area contributed by atoms with E-state index >= 15 is 0 Å². The molecule has 0 aliphatic heterocycles. The van der Waals surface area contributed by atoms with E-state index in [0.717, 1.165) is 10.4 Å². The van der Waals surface area contributed by atoms with E-state index < -0.39 is 5.91 Å². The molecule has 3 N–H and O–H groups in total. The number of halogens is 1. The molecule has 0 saturated heterocycles. The molecule has 138 valence electrons. The van der Waals surface area contributed by atoms with E-state index in [1.807, 2.05) is 0 Å². The Morgan fingerprint density at radius 3 is 2.44 bits per heavy atom. The number of hydrazine groups is 1. The summed E-state index contributed by atoms with van der Waals surface area (Å²) in [6.45, 7) is 0. The van der Waals surface area contributed by atoms with Gasteiger partial charge in [0.05, 0.1) is 4.88 Å². The van der Waals surface area contributed by atoms with Gasteiger partial charge in [-0.05, 0) is 47.9 Å². The van der Waals surface area contributed by atoms with Gasteiger partial charge in [0, 0.05) is 11.3 Å². The van der Waals surface area contributed by atoms with E-state index in [4.69, 9.17) is 0 Å². The van der Waals surface area contributed by atoms with Crippen LogP contribution in [0.15, 0.2) is 60.7 Å². The molecule has 0 spiro atoms. The molecule has 0 saturated carbocycles. The quantitative estimate of drug-likeness (QED) is 0.588. The van der Waals surface area contributed by atoms with E-state index in [0.29, 0.717) is 16.9 Å². The lowest BCUT2D eigenvalue weighted by Gasteiger charge is -2.07. The highest BCUT2D eigenvalue weighted by molar-refractivity contribution is 7.17. The Morgan fingerprint density at radius 2 is 1.70 bits per heavy atom. The Morgan fingerprint density at radius 1 is 0.963 bits per heavy atom. The molecule has 3 aromatic rings. The minimum atomic E-state index is -0.427. The SMILES string of the molecule is O=C(CCc1ccccc1O)NNC(=O)c1ccc(-c2ccc(F)cc2)s1. The van der Waals surface area contributed by atoms with Crippen molar-refractivity contribution in [2.75, 3.05) is 0 Å². The van der Waals surface area contributed by atoms with Gasteiger partial charge in [-0.15, -0.1) is 11.3 Å². The summed E-state index contributed by atoms with van der Waals surface area (Å²) < 4.78 is 13.0. The third-order valence-electron chi connectivity index (χ3n) is 3.89. The molecule has 0 aliphatic rings. The fourth-order valence-electron chi connectivity index (χ4n) is 2.45. The average Bonchev–Trinajstić information content (AvgIpc) is 3.16. The highest BCUT2D eigenvalue weighted by Gasteiger charge is 2.12. The van der Waals surface area contributed by atoms with Crippen molar-refractivity contribution in [1.82, 2.24) is 10.9 Å². The van der Waals surface area contributed by atoms with Gasteiger partial charge in [-0.25, -0.2) is 4.39 Å². The van der Waals surface area contributed by atoms with Gasteiger partial charge in [-0.2, -0.15) is 0 Å². The molecule has 0 atom stereocenters. The fraction of sp³-hybridized carbons (Fsp3) is 0.100. The summed E-state index contributed by atoms with van der Waals surface area (Å²) in [6.07, 6.45) is 0.491. The molecular formula is C20H17FN2O3S. The normalized spacial score (nSPS) is 10.4. The summed E-state index contributed by atoms with van der Waals surface area (Å²) in [5.41, 5.74) is 6.22. The molecule has 5 nitrogen and oxygen atoms in total. The number of carbonyl (C=O) groups is 2. The van der Waals surface area contributed by atoms with Crippen molar-refractivity contribution in [3.8, 4) is 16.2 Å². The van der Waals surface area contributed by atoms with Gasteiger partial charge in [0.15, 0.2) is 0 Å². The van der Waals surface area contributed by atoms with Crippen molar-refractivity contribution in [2.24, 2.45) is 0 Å². The summed E-state index contributed by atoms with van der Waals surface area (Å²) in [4.78, 5) is 25.3. The second kappa shape index (κ2) is 8.46. The van der Waals surface area contributed by atoms with Crippen LogP contribution in [0, 0.1) is 5.82 Å². The number of benzene rings is 2. The molecule has 0 bridgehead atoms. The molecule has 0 unspecified atom stereocenters. The maximum Gasteiger partial charge on any atom is 0.279 e. The van der Waals surface area contributed by atoms with Crippen molar-refractivity contribution in [3.63, 3.8) is 0 Å². The molecule has 0 fully saturated rings. The first-order chi connectivity index (χ1) is 13.0. The van der Waals surface area contributed by atoms with Crippen molar-refractivity contribution < 1.29 is 19.1 Å². The van der Waals surface area contributed by atoms with Crippen LogP contribution in [0.4, 0.5) is 4.39 Å². The molecule has 27 heavy (non-hydrogen) atoms. The number of nitrogens with one attached hydrogen (secondary N) is 2. The third-order valence-corrected chi connectivity index (χ3v) is 5.02. The molecule has 2 aromatic carbocycles. The average molecular weight is 384 g/mol. The van der Waals surface area contributed by atoms with E-state index in [1.54, 1.807) is 48.5 Å². The van der Waals surface area contributed by atoms with Crippen LogP contribution in [0.25, 0.3) is 10.4 Å². The number of amides is 2. The minimum absolute atomic E-state index is 0.128. The first-order valence-corrected chi connectivity index (χ1v) is 9.06. The lowest BCUT2D eigenvalue weighted by atomic mass is 10.1. The summed E-state index contributed by atoms with van der Waals surface area (Å²) in [6, 6.07) is 16.2. The molecule has 7 heteroatoms. The lowest BCUT2D eigenvalue weighted by Crippen LogP contribution is -2.41. The number of para-hydroxylation sites is 1. The zero-order chi connectivity index (χ0) is 19.2. The van der Waals surface area contributed by atoms with Gasteiger partial charge in [0.25, 0.3) is 5.91 Å². The zero-order valence-electron chi connectivity index (χ0n) is 14.2. The minimum Gasteiger partial charge on any atom is -0.508 e.